The summed E-state index contributed by atoms with van der Waals surface area (Å²) in [5.41, 5.74) is 11.2. The van der Waals surface area contributed by atoms with Crippen LogP contribution in [0, 0.1) is 12.7 Å². The number of para-hydroxylation sites is 1. The topological polar surface area (TPSA) is 118 Å². The van der Waals surface area contributed by atoms with E-state index in [4.69, 9.17) is 10.5 Å². The van der Waals surface area contributed by atoms with Gasteiger partial charge in [-0.2, -0.15) is 5.10 Å². The third-order valence-electron chi connectivity index (χ3n) is 8.11. The highest BCUT2D eigenvalue weighted by Gasteiger charge is 2.30. The molecule has 2 unspecified atom stereocenters. The molecule has 4 aromatic rings. The fourth-order valence-corrected chi connectivity index (χ4v) is 6.14. The van der Waals surface area contributed by atoms with Gasteiger partial charge < -0.3 is 25.3 Å². The number of rotatable bonds is 11. The lowest BCUT2D eigenvalue weighted by molar-refractivity contribution is -0.132. The number of hydrogen-bond donors (Lipinski definition) is 3. The molecular formula is C32H39FN6O3. The van der Waals surface area contributed by atoms with Gasteiger partial charge in [0.05, 0.1) is 5.52 Å². The molecule has 2 amide bonds. The molecular weight excluding hydrogens is 535 g/mol. The summed E-state index contributed by atoms with van der Waals surface area (Å²) in [7, 11) is 1.68. The summed E-state index contributed by atoms with van der Waals surface area (Å²) >= 11 is 0. The van der Waals surface area contributed by atoms with Crippen molar-refractivity contribution in [2.45, 2.75) is 57.5 Å². The largest absolute Gasteiger partial charge is 0.385 e. The Morgan fingerprint density at radius 3 is 2.76 bits per heavy atom. The molecule has 9 nitrogen and oxygen atoms in total. The van der Waals surface area contributed by atoms with Gasteiger partial charge in [-0.15, -0.1) is 0 Å². The predicted octanol–water partition coefficient (Wildman–Crippen LogP) is 4.77. The number of aromatic amines is 1. The summed E-state index contributed by atoms with van der Waals surface area (Å²) in [6.07, 6.45) is 5.00. The van der Waals surface area contributed by atoms with E-state index in [0.717, 1.165) is 41.5 Å². The van der Waals surface area contributed by atoms with Crippen molar-refractivity contribution >= 4 is 28.4 Å². The lowest BCUT2D eigenvalue weighted by atomic mass is 9.91. The van der Waals surface area contributed by atoms with E-state index in [-0.39, 0.29) is 36.0 Å². The minimum absolute atomic E-state index is 0.0426. The van der Waals surface area contributed by atoms with E-state index < -0.39 is 0 Å². The second kappa shape index (κ2) is 13.3. The van der Waals surface area contributed by atoms with Gasteiger partial charge in [-0.05, 0) is 68.0 Å². The van der Waals surface area contributed by atoms with E-state index in [1.54, 1.807) is 25.4 Å². The Balaban J connectivity index is 1.22. The molecule has 1 saturated heterocycles. The Morgan fingerprint density at radius 2 is 2.02 bits per heavy atom. The van der Waals surface area contributed by atoms with Crippen molar-refractivity contribution in [2.24, 2.45) is 5.73 Å². The van der Waals surface area contributed by atoms with Crippen LogP contribution in [0.15, 0.2) is 54.7 Å². The second-order valence-electron chi connectivity index (χ2n) is 11.1. The molecule has 0 radical (unpaired) electrons. The Labute approximate surface area is 245 Å². The first-order chi connectivity index (χ1) is 20.4. The van der Waals surface area contributed by atoms with Gasteiger partial charge in [0, 0.05) is 74.7 Å². The van der Waals surface area contributed by atoms with Gasteiger partial charge in [-0.1, -0.05) is 24.3 Å². The number of ether oxygens (including phenoxy) is 1. The number of carbonyl (C=O) groups excluding carboxylic acids is 2. The molecule has 2 aromatic heterocycles. The number of H-pyrrole nitrogens is 1. The maximum Gasteiger partial charge on any atom is 0.276 e. The number of likely N-dealkylation sites (tertiary alicyclic amines) is 1. The number of fused-ring (bicyclic) bond motifs is 1. The standard InChI is InChI=1S/C32H39FN6O3/c1-21-26-7-3-8-27(33)31(26)39(16-5-17-42-2)30(21)23-6-4-15-38(20-23)29(40)19-24(34)18-22-9-11-25(12-10-22)36-32(41)28-13-14-35-37-28/h3,7-14,23-24H,4-6,15-20,34H2,1-2H3,(H,35,37)(H,36,41). The monoisotopic (exact) mass is 574 g/mol. The molecule has 222 valence electrons. The maximum atomic E-state index is 15.0. The van der Waals surface area contributed by atoms with Gasteiger partial charge >= 0.3 is 0 Å². The van der Waals surface area contributed by atoms with Gasteiger partial charge in [-0.3, -0.25) is 14.7 Å². The normalized spacial score (nSPS) is 16.1. The average molecular weight is 575 g/mol. The maximum absolute atomic E-state index is 15.0. The molecule has 1 aliphatic rings. The van der Waals surface area contributed by atoms with Crippen LogP contribution in [0.3, 0.4) is 0 Å². The van der Waals surface area contributed by atoms with Crippen LogP contribution in [0.5, 0.6) is 0 Å². The van der Waals surface area contributed by atoms with Gasteiger partial charge in [0.1, 0.15) is 11.5 Å². The predicted molar refractivity (Wildman–Crippen MR) is 161 cm³/mol. The first-order valence-corrected chi connectivity index (χ1v) is 14.5. The van der Waals surface area contributed by atoms with Crippen LogP contribution in [0.2, 0.25) is 0 Å². The number of benzene rings is 2. The van der Waals surface area contributed by atoms with Crippen LogP contribution in [0.1, 0.15) is 58.9 Å². The van der Waals surface area contributed by atoms with Crippen molar-refractivity contribution in [2.75, 3.05) is 32.1 Å². The highest BCUT2D eigenvalue weighted by Crippen LogP contribution is 2.36. The number of aryl methyl sites for hydroxylation is 2. The van der Waals surface area contributed by atoms with E-state index in [1.807, 2.05) is 35.2 Å². The second-order valence-corrected chi connectivity index (χ2v) is 11.1. The number of hydrogen-bond acceptors (Lipinski definition) is 5. The molecule has 5 rings (SSSR count). The zero-order valence-corrected chi connectivity index (χ0v) is 24.2. The highest BCUT2D eigenvalue weighted by molar-refractivity contribution is 6.02. The van der Waals surface area contributed by atoms with Crippen LogP contribution in [0.25, 0.3) is 10.9 Å². The molecule has 2 aromatic carbocycles. The quantitative estimate of drug-likeness (QED) is 0.223. The molecule has 1 fully saturated rings. The number of amides is 2. The zero-order valence-electron chi connectivity index (χ0n) is 24.2. The summed E-state index contributed by atoms with van der Waals surface area (Å²) in [6, 6.07) is 14.0. The van der Waals surface area contributed by atoms with Crippen LogP contribution in [-0.4, -0.2) is 64.3 Å². The minimum atomic E-state index is -0.335. The smallest absolute Gasteiger partial charge is 0.276 e. The summed E-state index contributed by atoms with van der Waals surface area (Å²) < 4.78 is 22.4. The van der Waals surface area contributed by atoms with Crippen molar-refractivity contribution < 1.29 is 18.7 Å². The first kappa shape index (κ1) is 29.5. The molecule has 10 heteroatoms. The zero-order chi connectivity index (χ0) is 29.6. The van der Waals surface area contributed by atoms with Crippen molar-refractivity contribution in [1.29, 1.82) is 0 Å². The van der Waals surface area contributed by atoms with Crippen molar-refractivity contribution in [3.8, 4) is 0 Å². The SMILES string of the molecule is COCCCn1c(C2CCCN(C(=O)CC(N)Cc3ccc(NC(=O)c4cc[nH]n4)cc3)C2)c(C)c2cccc(F)c21. The Kier molecular flexibility index (Phi) is 9.34. The Hall–Kier alpha value is -4.02. The Morgan fingerprint density at radius 1 is 1.21 bits per heavy atom. The first-order valence-electron chi connectivity index (χ1n) is 14.5. The third kappa shape index (κ3) is 6.55. The molecule has 0 spiro atoms. The van der Waals surface area contributed by atoms with Crippen LogP contribution in [0.4, 0.5) is 10.1 Å². The number of nitrogens with two attached hydrogens (primary N) is 1. The fraction of sp³-hybridized carbons (Fsp3) is 0.406. The van der Waals surface area contributed by atoms with E-state index in [0.29, 0.717) is 49.6 Å². The lowest BCUT2D eigenvalue weighted by Gasteiger charge is -2.34. The number of nitrogens with zero attached hydrogens (tertiary/aromatic N) is 3. The highest BCUT2D eigenvalue weighted by atomic mass is 19.1. The molecule has 3 heterocycles. The molecule has 0 aliphatic carbocycles. The van der Waals surface area contributed by atoms with E-state index in [1.165, 1.54) is 6.07 Å². The van der Waals surface area contributed by atoms with Crippen LogP contribution >= 0.6 is 0 Å². The lowest BCUT2D eigenvalue weighted by Crippen LogP contribution is -2.42. The summed E-state index contributed by atoms with van der Waals surface area (Å²) in [6.45, 7) is 4.62. The Bertz CT molecular complexity index is 1520. The van der Waals surface area contributed by atoms with Crippen LogP contribution < -0.4 is 11.1 Å². The number of halogens is 1. The van der Waals surface area contributed by atoms with Gasteiger partial charge in [-0.25, -0.2) is 4.39 Å². The number of methoxy groups -OCH3 is 1. The number of anilines is 1. The number of aromatic nitrogens is 3. The summed E-state index contributed by atoms with van der Waals surface area (Å²) in [5.74, 6) is -0.345. The summed E-state index contributed by atoms with van der Waals surface area (Å²) in [4.78, 5) is 27.5. The van der Waals surface area contributed by atoms with Crippen molar-refractivity contribution in [1.82, 2.24) is 19.7 Å². The molecule has 1 aliphatic heterocycles. The van der Waals surface area contributed by atoms with E-state index in [2.05, 4.69) is 27.0 Å². The fourth-order valence-electron chi connectivity index (χ4n) is 6.14. The van der Waals surface area contributed by atoms with E-state index in [9.17, 15) is 9.59 Å². The third-order valence-corrected chi connectivity index (χ3v) is 8.11. The summed E-state index contributed by atoms with van der Waals surface area (Å²) in [5, 5.41) is 10.2. The average Bonchev–Trinajstić information content (AvgIpc) is 3.62. The molecule has 2 atom stereocenters. The molecule has 4 N–H and O–H groups in total. The van der Waals surface area contributed by atoms with Crippen LogP contribution in [-0.2, 0) is 22.5 Å². The van der Waals surface area contributed by atoms with Crippen molar-refractivity contribution in [3.63, 3.8) is 0 Å². The number of carbonyl (C=O) groups is 2. The van der Waals surface area contributed by atoms with Gasteiger partial charge in [0.25, 0.3) is 5.91 Å². The minimum Gasteiger partial charge on any atom is -0.385 e. The van der Waals surface area contributed by atoms with Crippen molar-refractivity contribution in [3.05, 3.63) is 83.1 Å². The number of piperidine rings is 1. The molecule has 42 heavy (non-hydrogen) atoms. The van der Waals surface area contributed by atoms with E-state index >= 15 is 4.39 Å². The van der Waals surface area contributed by atoms with Gasteiger partial charge in [0.2, 0.25) is 5.91 Å². The molecule has 0 saturated carbocycles. The number of nitrogens with one attached hydrogen (secondary N) is 2. The van der Waals surface area contributed by atoms with Gasteiger partial charge in [0.15, 0.2) is 0 Å². The molecule has 0 bridgehead atoms.